The third kappa shape index (κ3) is 5.35. The fourth-order valence-electron chi connectivity index (χ4n) is 1.75. The number of rotatable bonds is 3. The van der Waals surface area contributed by atoms with Crippen LogP contribution >= 0.6 is 0 Å². The number of urea groups is 1. The number of amides is 2. The molecule has 0 saturated carbocycles. The van der Waals surface area contributed by atoms with E-state index >= 15 is 0 Å². The minimum absolute atomic E-state index is 0.0530. The standard InChI is InChI=1S/C12H23N3O3/c1-12(2,3)9-13-11(18)15-6-4-14(5-7-15)8-10(16)17/h4-9H2,1-3H3,(H,13,18)(H,16,17). The molecule has 1 aliphatic rings. The van der Waals surface area contributed by atoms with Crippen LogP contribution in [-0.2, 0) is 4.79 Å². The van der Waals surface area contributed by atoms with Crippen molar-refractivity contribution in [2.75, 3.05) is 39.3 Å². The summed E-state index contributed by atoms with van der Waals surface area (Å²) in [5.41, 5.74) is 0.0702. The molecule has 0 unspecified atom stereocenters. The number of nitrogens with one attached hydrogen (secondary N) is 1. The van der Waals surface area contributed by atoms with Gasteiger partial charge < -0.3 is 15.3 Å². The van der Waals surface area contributed by atoms with Gasteiger partial charge in [0.15, 0.2) is 0 Å². The van der Waals surface area contributed by atoms with Gasteiger partial charge >= 0.3 is 12.0 Å². The summed E-state index contributed by atoms with van der Waals surface area (Å²) in [5, 5.41) is 11.6. The number of hydrogen-bond donors (Lipinski definition) is 2. The first-order valence-electron chi connectivity index (χ1n) is 6.25. The molecular formula is C12H23N3O3. The Morgan fingerprint density at radius 2 is 1.72 bits per heavy atom. The first kappa shape index (κ1) is 14.8. The second-order valence-electron chi connectivity index (χ2n) is 5.88. The van der Waals surface area contributed by atoms with Gasteiger partial charge in [0.25, 0.3) is 0 Å². The highest BCUT2D eigenvalue weighted by atomic mass is 16.4. The number of hydrogen-bond acceptors (Lipinski definition) is 3. The topological polar surface area (TPSA) is 72.9 Å². The summed E-state index contributed by atoms with van der Waals surface area (Å²) in [6.45, 7) is 9.31. The Labute approximate surface area is 108 Å². The van der Waals surface area contributed by atoms with E-state index in [1.54, 1.807) is 4.90 Å². The van der Waals surface area contributed by atoms with E-state index in [1.165, 1.54) is 0 Å². The summed E-state index contributed by atoms with van der Waals surface area (Å²) in [6.07, 6.45) is 0. The average Bonchev–Trinajstić information content (AvgIpc) is 2.25. The molecule has 6 heteroatoms. The van der Waals surface area contributed by atoms with E-state index in [1.807, 2.05) is 4.90 Å². The van der Waals surface area contributed by atoms with E-state index in [-0.39, 0.29) is 18.0 Å². The van der Waals surface area contributed by atoms with Crippen LogP contribution in [0.5, 0.6) is 0 Å². The Balaban J connectivity index is 2.29. The lowest BCUT2D eigenvalue weighted by atomic mass is 9.97. The van der Waals surface area contributed by atoms with E-state index in [0.29, 0.717) is 32.7 Å². The summed E-state index contributed by atoms with van der Waals surface area (Å²) in [7, 11) is 0. The normalized spacial score (nSPS) is 17.6. The zero-order valence-corrected chi connectivity index (χ0v) is 11.4. The number of carbonyl (C=O) groups excluding carboxylic acids is 1. The molecule has 0 aromatic heterocycles. The maximum absolute atomic E-state index is 11.9. The van der Waals surface area contributed by atoms with Gasteiger partial charge in [0.1, 0.15) is 0 Å². The highest BCUT2D eigenvalue weighted by Crippen LogP contribution is 2.10. The summed E-state index contributed by atoms with van der Waals surface area (Å²) < 4.78 is 0. The molecule has 1 heterocycles. The number of carboxylic acid groups (broad SMARTS) is 1. The van der Waals surface area contributed by atoms with Gasteiger partial charge in [-0.05, 0) is 5.41 Å². The monoisotopic (exact) mass is 257 g/mol. The van der Waals surface area contributed by atoms with Crippen LogP contribution in [0, 0.1) is 5.41 Å². The van der Waals surface area contributed by atoms with E-state index < -0.39 is 5.97 Å². The predicted molar refractivity (Wildman–Crippen MR) is 68.5 cm³/mol. The SMILES string of the molecule is CC(C)(C)CNC(=O)N1CCN(CC(=O)O)CC1. The van der Waals surface area contributed by atoms with Gasteiger partial charge in [-0.2, -0.15) is 0 Å². The Morgan fingerprint density at radius 1 is 1.17 bits per heavy atom. The van der Waals surface area contributed by atoms with Crippen LogP contribution in [-0.4, -0.2) is 66.2 Å². The van der Waals surface area contributed by atoms with Crippen molar-refractivity contribution in [3.63, 3.8) is 0 Å². The van der Waals surface area contributed by atoms with Crippen molar-refractivity contribution in [3.05, 3.63) is 0 Å². The van der Waals surface area contributed by atoms with Crippen molar-refractivity contribution >= 4 is 12.0 Å². The third-order valence-electron chi connectivity index (χ3n) is 2.79. The molecule has 18 heavy (non-hydrogen) atoms. The summed E-state index contributed by atoms with van der Waals surface area (Å²) in [6, 6.07) is -0.0556. The fraction of sp³-hybridized carbons (Fsp3) is 0.833. The zero-order chi connectivity index (χ0) is 13.8. The molecule has 0 spiro atoms. The molecule has 0 aliphatic carbocycles. The van der Waals surface area contributed by atoms with E-state index in [4.69, 9.17) is 5.11 Å². The Hall–Kier alpha value is -1.30. The highest BCUT2D eigenvalue weighted by Gasteiger charge is 2.22. The van der Waals surface area contributed by atoms with Crippen molar-refractivity contribution in [1.29, 1.82) is 0 Å². The smallest absolute Gasteiger partial charge is 0.317 e. The van der Waals surface area contributed by atoms with Gasteiger partial charge in [-0.25, -0.2) is 4.79 Å². The van der Waals surface area contributed by atoms with Crippen molar-refractivity contribution in [2.24, 2.45) is 5.41 Å². The van der Waals surface area contributed by atoms with Gasteiger partial charge in [0, 0.05) is 32.7 Å². The first-order valence-corrected chi connectivity index (χ1v) is 6.25. The molecule has 1 aliphatic heterocycles. The van der Waals surface area contributed by atoms with Gasteiger partial charge in [0.05, 0.1) is 6.54 Å². The Kier molecular flexibility index (Phi) is 4.95. The number of aliphatic carboxylic acids is 1. The lowest BCUT2D eigenvalue weighted by Gasteiger charge is -2.34. The van der Waals surface area contributed by atoms with Crippen molar-refractivity contribution in [1.82, 2.24) is 15.1 Å². The second kappa shape index (κ2) is 6.04. The first-order chi connectivity index (χ1) is 8.28. The summed E-state index contributed by atoms with van der Waals surface area (Å²) in [5.74, 6) is -0.819. The molecule has 0 aromatic carbocycles. The van der Waals surface area contributed by atoms with Crippen LogP contribution in [0.2, 0.25) is 0 Å². The van der Waals surface area contributed by atoms with E-state index in [0.717, 1.165) is 0 Å². The Morgan fingerprint density at radius 3 is 2.17 bits per heavy atom. The third-order valence-corrected chi connectivity index (χ3v) is 2.79. The van der Waals surface area contributed by atoms with Gasteiger partial charge in [0.2, 0.25) is 0 Å². The fourth-order valence-corrected chi connectivity index (χ4v) is 1.75. The van der Waals surface area contributed by atoms with Crippen molar-refractivity contribution in [2.45, 2.75) is 20.8 Å². The zero-order valence-electron chi connectivity index (χ0n) is 11.4. The molecule has 2 N–H and O–H groups in total. The van der Waals surface area contributed by atoms with E-state index in [2.05, 4.69) is 26.1 Å². The van der Waals surface area contributed by atoms with Gasteiger partial charge in [-0.1, -0.05) is 20.8 Å². The molecule has 0 bridgehead atoms. The second-order valence-corrected chi connectivity index (χ2v) is 5.88. The molecule has 1 rings (SSSR count). The molecule has 0 aromatic rings. The molecule has 1 fully saturated rings. The number of carbonyl (C=O) groups is 2. The van der Waals surface area contributed by atoms with Gasteiger partial charge in [-0.3, -0.25) is 9.69 Å². The molecule has 6 nitrogen and oxygen atoms in total. The number of piperazine rings is 1. The predicted octanol–water partition coefficient (Wildman–Crippen LogP) is 0.444. The Bertz CT molecular complexity index is 304. The van der Waals surface area contributed by atoms with Crippen molar-refractivity contribution in [3.8, 4) is 0 Å². The van der Waals surface area contributed by atoms with E-state index in [9.17, 15) is 9.59 Å². The van der Waals surface area contributed by atoms with Crippen LogP contribution < -0.4 is 5.32 Å². The van der Waals surface area contributed by atoms with Crippen molar-refractivity contribution < 1.29 is 14.7 Å². The number of nitrogens with zero attached hydrogens (tertiary/aromatic N) is 2. The molecular weight excluding hydrogens is 234 g/mol. The number of carboxylic acids is 1. The summed E-state index contributed by atoms with van der Waals surface area (Å²) >= 11 is 0. The molecule has 104 valence electrons. The average molecular weight is 257 g/mol. The van der Waals surface area contributed by atoms with Gasteiger partial charge in [-0.15, -0.1) is 0 Å². The quantitative estimate of drug-likeness (QED) is 0.769. The largest absolute Gasteiger partial charge is 0.480 e. The van der Waals surface area contributed by atoms with Crippen LogP contribution in [0.25, 0.3) is 0 Å². The van der Waals surface area contributed by atoms with Crippen LogP contribution in [0.1, 0.15) is 20.8 Å². The molecule has 0 radical (unpaired) electrons. The summed E-state index contributed by atoms with van der Waals surface area (Å²) in [4.78, 5) is 26.0. The van der Waals surface area contributed by atoms with Crippen LogP contribution in [0.15, 0.2) is 0 Å². The van der Waals surface area contributed by atoms with Crippen LogP contribution in [0.4, 0.5) is 4.79 Å². The minimum atomic E-state index is -0.819. The maximum Gasteiger partial charge on any atom is 0.317 e. The molecule has 0 atom stereocenters. The van der Waals surface area contributed by atoms with Crippen LogP contribution in [0.3, 0.4) is 0 Å². The minimum Gasteiger partial charge on any atom is -0.480 e. The maximum atomic E-state index is 11.9. The lowest BCUT2D eigenvalue weighted by molar-refractivity contribution is -0.138. The lowest BCUT2D eigenvalue weighted by Crippen LogP contribution is -2.53. The highest BCUT2D eigenvalue weighted by molar-refractivity contribution is 5.74. The molecule has 1 saturated heterocycles. The molecule has 2 amide bonds.